The smallest absolute Gasteiger partial charge is 0.132 e. The zero-order valence-corrected chi connectivity index (χ0v) is 11.7. The van der Waals surface area contributed by atoms with Gasteiger partial charge in [0.15, 0.2) is 0 Å². The fourth-order valence-corrected chi connectivity index (χ4v) is 2.57. The Morgan fingerprint density at radius 3 is 2.10 bits per heavy atom. The van der Waals surface area contributed by atoms with E-state index in [1.165, 1.54) is 18.2 Å². The van der Waals surface area contributed by atoms with Crippen molar-refractivity contribution in [3.63, 3.8) is 0 Å². The van der Waals surface area contributed by atoms with E-state index in [1.807, 2.05) is 30.3 Å². The maximum absolute atomic E-state index is 14.3. The molecule has 0 saturated heterocycles. The lowest BCUT2D eigenvalue weighted by Crippen LogP contribution is -1.89. The predicted octanol–water partition coefficient (Wildman–Crippen LogP) is 5.95. The van der Waals surface area contributed by atoms with Gasteiger partial charge < -0.3 is 0 Å². The van der Waals surface area contributed by atoms with E-state index in [2.05, 4.69) is 0 Å². The summed E-state index contributed by atoms with van der Waals surface area (Å²) in [5.74, 6) is -0.868. The summed E-state index contributed by atoms with van der Waals surface area (Å²) in [6.45, 7) is 0. The minimum absolute atomic E-state index is 0.220. The summed E-state index contributed by atoms with van der Waals surface area (Å²) in [5.41, 5.74) is 1.90. The molecule has 0 fully saturated rings. The molecule has 3 rings (SSSR count). The molecular formula is C18H11ClF2. The van der Waals surface area contributed by atoms with Gasteiger partial charge in [-0.3, -0.25) is 0 Å². The van der Waals surface area contributed by atoms with Crippen molar-refractivity contribution in [2.24, 2.45) is 0 Å². The molecule has 0 radical (unpaired) electrons. The Kier molecular flexibility index (Phi) is 3.72. The molecule has 0 unspecified atom stereocenters. The van der Waals surface area contributed by atoms with Crippen molar-refractivity contribution in [1.82, 2.24) is 0 Å². The molecule has 0 N–H and O–H groups in total. The highest BCUT2D eigenvalue weighted by atomic mass is 35.5. The molecule has 0 aliphatic carbocycles. The second-order valence-corrected chi connectivity index (χ2v) is 5.06. The van der Waals surface area contributed by atoms with Crippen molar-refractivity contribution in [3.05, 3.63) is 83.4 Å². The number of hydrogen-bond acceptors (Lipinski definition) is 0. The molecule has 0 atom stereocenters. The van der Waals surface area contributed by atoms with Crippen LogP contribution in [0.4, 0.5) is 8.78 Å². The Bertz CT molecular complexity index is 762. The lowest BCUT2D eigenvalue weighted by molar-refractivity contribution is 0.626. The molecule has 0 nitrogen and oxygen atoms in total. The molecule has 0 saturated carbocycles. The molecule has 3 aromatic rings. The van der Waals surface area contributed by atoms with Gasteiger partial charge in [-0.2, -0.15) is 0 Å². The fourth-order valence-electron chi connectivity index (χ4n) is 2.30. The van der Waals surface area contributed by atoms with E-state index in [9.17, 15) is 8.78 Å². The van der Waals surface area contributed by atoms with Crippen molar-refractivity contribution in [3.8, 4) is 22.3 Å². The molecular weight excluding hydrogens is 290 g/mol. The minimum Gasteiger partial charge on any atom is -0.206 e. The molecule has 104 valence electrons. The third-order valence-corrected chi connectivity index (χ3v) is 3.62. The summed E-state index contributed by atoms with van der Waals surface area (Å²) in [4.78, 5) is 0. The van der Waals surface area contributed by atoms with Gasteiger partial charge in [-0.25, -0.2) is 8.78 Å². The first-order chi connectivity index (χ1) is 10.2. The van der Waals surface area contributed by atoms with Gasteiger partial charge in [0.2, 0.25) is 0 Å². The molecule has 0 heterocycles. The van der Waals surface area contributed by atoms with E-state index in [1.54, 1.807) is 18.2 Å². The second kappa shape index (κ2) is 5.66. The van der Waals surface area contributed by atoms with Gasteiger partial charge in [0.05, 0.1) is 5.02 Å². The van der Waals surface area contributed by atoms with Crippen LogP contribution in [0.3, 0.4) is 0 Å². The largest absolute Gasteiger partial charge is 0.206 e. The number of benzene rings is 3. The first kappa shape index (κ1) is 13.8. The maximum atomic E-state index is 14.3. The van der Waals surface area contributed by atoms with Gasteiger partial charge in [-0.15, -0.1) is 0 Å². The summed E-state index contributed by atoms with van der Waals surface area (Å²) in [6, 6.07) is 18.3. The van der Waals surface area contributed by atoms with Crippen LogP contribution in [0.25, 0.3) is 22.3 Å². The monoisotopic (exact) mass is 300 g/mol. The number of halogens is 3. The fraction of sp³-hybridized carbons (Fsp3) is 0. The van der Waals surface area contributed by atoms with Crippen molar-refractivity contribution < 1.29 is 8.78 Å². The molecule has 0 spiro atoms. The summed E-state index contributed by atoms with van der Waals surface area (Å²) in [5, 5.41) is 0.266. The second-order valence-electron chi connectivity index (χ2n) is 4.66. The van der Waals surface area contributed by atoms with Crippen LogP contribution >= 0.6 is 11.6 Å². The standard InChI is InChI=1S/C18H11ClF2/c19-15-7-4-8-16(20)18(15)13-9-10-14(17(21)11-13)12-5-2-1-3-6-12/h1-11H. The van der Waals surface area contributed by atoms with E-state index in [-0.39, 0.29) is 10.6 Å². The molecule has 3 aromatic carbocycles. The third-order valence-electron chi connectivity index (χ3n) is 3.31. The van der Waals surface area contributed by atoms with Gasteiger partial charge >= 0.3 is 0 Å². The molecule has 0 amide bonds. The third kappa shape index (κ3) is 2.67. The van der Waals surface area contributed by atoms with Gasteiger partial charge in [-0.05, 0) is 29.3 Å². The maximum Gasteiger partial charge on any atom is 0.132 e. The van der Waals surface area contributed by atoms with E-state index < -0.39 is 11.6 Å². The quantitative estimate of drug-likeness (QED) is 0.548. The molecule has 0 aromatic heterocycles. The Hall–Kier alpha value is -2.19. The van der Waals surface area contributed by atoms with Crippen molar-refractivity contribution >= 4 is 11.6 Å². The van der Waals surface area contributed by atoms with Crippen LogP contribution < -0.4 is 0 Å². The molecule has 0 aliphatic rings. The molecule has 0 bridgehead atoms. The van der Waals surface area contributed by atoms with Gasteiger partial charge in [0.1, 0.15) is 11.6 Å². The minimum atomic E-state index is -0.464. The zero-order valence-electron chi connectivity index (χ0n) is 11.0. The van der Waals surface area contributed by atoms with Gasteiger partial charge in [0.25, 0.3) is 0 Å². The molecule has 0 aliphatic heterocycles. The normalized spacial score (nSPS) is 10.6. The Morgan fingerprint density at radius 1 is 0.667 bits per heavy atom. The predicted molar refractivity (Wildman–Crippen MR) is 82.2 cm³/mol. The zero-order chi connectivity index (χ0) is 14.8. The summed E-state index contributed by atoms with van der Waals surface area (Å²) in [7, 11) is 0. The number of rotatable bonds is 2. The van der Waals surface area contributed by atoms with Crippen molar-refractivity contribution in [2.45, 2.75) is 0 Å². The highest BCUT2D eigenvalue weighted by molar-refractivity contribution is 6.33. The van der Waals surface area contributed by atoms with Crippen LogP contribution in [0, 0.1) is 11.6 Å². The van der Waals surface area contributed by atoms with Crippen molar-refractivity contribution in [2.75, 3.05) is 0 Å². The summed E-state index contributed by atoms with van der Waals surface area (Å²) >= 11 is 6.01. The first-order valence-electron chi connectivity index (χ1n) is 6.46. The lowest BCUT2D eigenvalue weighted by atomic mass is 9.99. The topological polar surface area (TPSA) is 0 Å². The van der Waals surface area contributed by atoms with Gasteiger partial charge in [0, 0.05) is 11.1 Å². The van der Waals surface area contributed by atoms with E-state index >= 15 is 0 Å². The average Bonchev–Trinajstić information content (AvgIpc) is 2.48. The van der Waals surface area contributed by atoms with Crippen LogP contribution in [0.2, 0.25) is 5.02 Å². The van der Waals surface area contributed by atoms with Crippen LogP contribution in [-0.4, -0.2) is 0 Å². The van der Waals surface area contributed by atoms with Crippen molar-refractivity contribution in [1.29, 1.82) is 0 Å². The first-order valence-corrected chi connectivity index (χ1v) is 6.84. The Morgan fingerprint density at radius 2 is 1.43 bits per heavy atom. The lowest BCUT2D eigenvalue weighted by Gasteiger charge is -2.09. The van der Waals surface area contributed by atoms with Crippen LogP contribution in [0.5, 0.6) is 0 Å². The summed E-state index contributed by atoms with van der Waals surface area (Å²) < 4.78 is 28.2. The van der Waals surface area contributed by atoms with Gasteiger partial charge in [-0.1, -0.05) is 60.1 Å². The molecule has 3 heteroatoms. The van der Waals surface area contributed by atoms with Crippen LogP contribution in [0.15, 0.2) is 66.7 Å². The SMILES string of the molecule is Fc1cc(-c2c(F)cccc2Cl)ccc1-c1ccccc1. The highest BCUT2D eigenvalue weighted by Gasteiger charge is 2.12. The Labute approximate surface area is 126 Å². The number of hydrogen-bond donors (Lipinski definition) is 0. The Balaban J connectivity index is 2.11. The summed E-state index contributed by atoms with van der Waals surface area (Å²) in [6.07, 6.45) is 0. The van der Waals surface area contributed by atoms with E-state index in [4.69, 9.17) is 11.6 Å². The highest BCUT2D eigenvalue weighted by Crippen LogP contribution is 2.33. The molecule has 21 heavy (non-hydrogen) atoms. The van der Waals surface area contributed by atoms with E-state index in [0.29, 0.717) is 11.1 Å². The van der Waals surface area contributed by atoms with E-state index in [0.717, 1.165) is 5.56 Å². The van der Waals surface area contributed by atoms with Crippen LogP contribution in [-0.2, 0) is 0 Å². The van der Waals surface area contributed by atoms with Crippen LogP contribution in [0.1, 0.15) is 0 Å². The average molecular weight is 301 g/mol.